The van der Waals surface area contributed by atoms with Crippen LogP contribution in [0.25, 0.3) is 75.4 Å². The zero-order chi connectivity index (χ0) is 20.8. The fourth-order valence-electron chi connectivity index (χ4n) is 5.96. The predicted molar refractivity (Wildman–Crippen MR) is 140 cm³/mol. The van der Waals surface area contributed by atoms with Gasteiger partial charge in [0.05, 0.1) is 0 Å². The van der Waals surface area contributed by atoms with Gasteiger partial charge in [0.2, 0.25) is 0 Å². The van der Waals surface area contributed by atoms with Gasteiger partial charge < -0.3 is 0 Å². The van der Waals surface area contributed by atoms with Gasteiger partial charge in [0.25, 0.3) is 0 Å². The lowest BCUT2D eigenvalue weighted by Crippen LogP contribution is -1.89. The molecule has 0 aromatic heterocycles. The van der Waals surface area contributed by atoms with Crippen LogP contribution in [0, 0.1) is 0 Å². The fraction of sp³-hybridized carbons (Fsp3) is 0. The van der Waals surface area contributed by atoms with Crippen LogP contribution >= 0.6 is 0 Å². The van der Waals surface area contributed by atoms with Crippen LogP contribution in [-0.2, 0) is 0 Å². The molecule has 0 aliphatic heterocycles. The van der Waals surface area contributed by atoms with Gasteiger partial charge in [0.1, 0.15) is 0 Å². The predicted octanol–water partition coefficient (Wildman–Crippen LogP) is 9.20. The molecule has 0 fully saturated rings. The van der Waals surface area contributed by atoms with Crippen LogP contribution in [0.4, 0.5) is 0 Å². The van der Waals surface area contributed by atoms with E-state index >= 15 is 0 Å². The highest BCUT2D eigenvalue weighted by atomic mass is 14.2. The second-order valence-corrected chi connectivity index (χ2v) is 8.95. The smallest absolute Gasteiger partial charge is 0.00199 e. The highest BCUT2D eigenvalue weighted by molar-refractivity contribution is 6.37. The lowest BCUT2D eigenvalue weighted by molar-refractivity contribution is 1.79. The van der Waals surface area contributed by atoms with Crippen molar-refractivity contribution < 1.29 is 0 Å². The molecule has 0 bridgehead atoms. The van der Waals surface area contributed by atoms with Crippen molar-refractivity contribution >= 4 is 75.4 Å². The first-order valence-electron chi connectivity index (χ1n) is 11.2. The number of hydrogen-bond donors (Lipinski definition) is 0. The molecule has 8 rings (SSSR count). The van der Waals surface area contributed by atoms with E-state index < -0.39 is 0 Å². The Hall–Kier alpha value is -4.16. The van der Waals surface area contributed by atoms with Gasteiger partial charge in [-0.2, -0.15) is 0 Å². The minimum absolute atomic E-state index is 1.30. The van der Waals surface area contributed by atoms with Crippen LogP contribution in [0.2, 0.25) is 0 Å². The van der Waals surface area contributed by atoms with Gasteiger partial charge in [-0.05, 0) is 87.5 Å². The summed E-state index contributed by atoms with van der Waals surface area (Å²) in [5.74, 6) is 0. The molecule has 0 aliphatic rings. The van der Waals surface area contributed by atoms with E-state index in [-0.39, 0.29) is 0 Å². The van der Waals surface area contributed by atoms with Gasteiger partial charge in [-0.25, -0.2) is 0 Å². The van der Waals surface area contributed by atoms with Gasteiger partial charge in [-0.15, -0.1) is 0 Å². The van der Waals surface area contributed by atoms with E-state index in [2.05, 4.69) is 109 Å². The zero-order valence-electron chi connectivity index (χ0n) is 17.4. The van der Waals surface area contributed by atoms with Crippen molar-refractivity contribution in [3.8, 4) is 0 Å². The molecule has 146 valence electrons. The van der Waals surface area contributed by atoms with Crippen molar-refractivity contribution in [2.75, 3.05) is 0 Å². The lowest BCUT2D eigenvalue weighted by Gasteiger charge is -2.17. The monoisotopic (exact) mass is 402 g/mol. The summed E-state index contributed by atoms with van der Waals surface area (Å²) >= 11 is 0. The number of rotatable bonds is 0. The van der Waals surface area contributed by atoms with E-state index in [1.165, 1.54) is 75.4 Å². The number of benzene rings is 8. The van der Waals surface area contributed by atoms with Gasteiger partial charge in [-0.1, -0.05) is 97.1 Å². The Bertz CT molecular complexity index is 1880. The first-order valence-corrected chi connectivity index (χ1v) is 11.2. The van der Waals surface area contributed by atoms with Crippen LogP contribution in [-0.4, -0.2) is 0 Å². The first kappa shape index (κ1) is 16.5. The summed E-state index contributed by atoms with van der Waals surface area (Å²) in [5, 5.41) is 18.7. The lowest BCUT2D eigenvalue weighted by atomic mass is 9.86. The molecule has 8 aromatic carbocycles. The summed E-state index contributed by atoms with van der Waals surface area (Å²) in [7, 11) is 0. The van der Waals surface area contributed by atoms with Crippen molar-refractivity contribution in [1.29, 1.82) is 0 Å². The summed E-state index contributed by atoms with van der Waals surface area (Å²) < 4.78 is 0. The molecule has 0 amide bonds. The molecule has 0 radical (unpaired) electrons. The second kappa shape index (κ2) is 5.75. The Morgan fingerprint density at radius 2 is 0.625 bits per heavy atom. The van der Waals surface area contributed by atoms with Crippen molar-refractivity contribution in [3.05, 3.63) is 109 Å². The number of fused-ring (bicyclic) bond motifs is 8. The van der Waals surface area contributed by atoms with Crippen LogP contribution in [0.5, 0.6) is 0 Å². The molecule has 0 spiro atoms. The average molecular weight is 402 g/mol. The van der Waals surface area contributed by atoms with E-state index in [1.807, 2.05) is 0 Å². The summed E-state index contributed by atoms with van der Waals surface area (Å²) in [6.45, 7) is 0. The fourth-order valence-corrected chi connectivity index (χ4v) is 5.96. The molecule has 0 atom stereocenters. The topological polar surface area (TPSA) is 0 Å². The average Bonchev–Trinajstić information content (AvgIpc) is 2.86. The Kier molecular flexibility index (Phi) is 2.97. The maximum absolute atomic E-state index is 2.37. The molecule has 32 heavy (non-hydrogen) atoms. The molecule has 8 aromatic rings. The quantitative estimate of drug-likeness (QED) is 0.175. The molecular formula is C32H18. The molecule has 0 nitrogen and oxygen atoms in total. The second-order valence-electron chi connectivity index (χ2n) is 8.95. The SMILES string of the molecule is c1ccc2c(c1)ccc1cc3ccc4c5c(ccc6ccccc65)cc5ccc(c12)c3c54. The van der Waals surface area contributed by atoms with E-state index in [4.69, 9.17) is 0 Å². The Morgan fingerprint density at radius 3 is 1.12 bits per heavy atom. The van der Waals surface area contributed by atoms with Gasteiger partial charge in [-0.3, -0.25) is 0 Å². The van der Waals surface area contributed by atoms with Gasteiger partial charge >= 0.3 is 0 Å². The number of hydrogen-bond acceptors (Lipinski definition) is 0. The van der Waals surface area contributed by atoms with Crippen molar-refractivity contribution in [1.82, 2.24) is 0 Å². The van der Waals surface area contributed by atoms with Gasteiger partial charge in [0, 0.05) is 0 Å². The molecule has 0 heterocycles. The Morgan fingerprint density at radius 1 is 0.250 bits per heavy atom. The third kappa shape index (κ3) is 1.98. The standard InChI is InChI=1S/C32H18/c1-3-7-25-19(5-1)9-11-21-17-23-14-16-28-30-22(12-10-20-6-2-4-8-26(20)30)18-24-13-15-27(29(21)25)31(23)32(24)28/h1-18H. The maximum Gasteiger partial charge on any atom is -0.00199 e. The summed E-state index contributed by atoms with van der Waals surface area (Å²) in [6.07, 6.45) is 0. The zero-order valence-corrected chi connectivity index (χ0v) is 17.4. The normalized spacial score (nSPS) is 12.4. The molecular weight excluding hydrogens is 384 g/mol. The summed E-state index contributed by atoms with van der Waals surface area (Å²) in [4.78, 5) is 0. The maximum atomic E-state index is 2.37. The van der Waals surface area contributed by atoms with Crippen molar-refractivity contribution in [3.63, 3.8) is 0 Å². The highest BCUT2D eigenvalue weighted by Crippen LogP contribution is 2.44. The van der Waals surface area contributed by atoms with Crippen LogP contribution in [0.1, 0.15) is 0 Å². The van der Waals surface area contributed by atoms with E-state index in [0.29, 0.717) is 0 Å². The third-order valence-electron chi connectivity index (χ3n) is 7.31. The Labute approximate surface area is 184 Å². The molecule has 0 saturated carbocycles. The first-order chi connectivity index (χ1) is 15.9. The minimum Gasteiger partial charge on any atom is -0.0616 e. The van der Waals surface area contributed by atoms with E-state index in [0.717, 1.165) is 0 Å². The summed E-state index contributed by atoms with van der Waals surface area (Å²) in [6, 6.07) is 40.6. The largest absolute Gasteiger partial charge is 0.0616 e. The van der Waals surface area contributed by atoms with E-state index in [1.54, 1.807) is 0 Å². The van der Waals surface area contributed by atoms with Crippen LogP contribution < -0.4 is 0 Å². The molecule has 0 heteroatoms. The van der Waals surface area contributed by atoms with Crippen molar-refractivity contribution in [2.45, 2.75) is 0 Å². The highest BCUT2D eigenvalue weighted by Gasteiger charge is 2.15. The van der Waals surface area contributed by atoms with Crippen LogP contribution in [0.15, 0.2) is 109 Å². The molecule has 0 aliphatic carbocycles. The molecule has 0 unspecified atom stereocenters. The molecule has 0 N–H and O–H groups in total. The van der Waals surface area contributed by atoms with Crippen molar-refractivity contribution in [2.24, 2.45) is 0 Å². The third-order valence-corrected chi connectivity index (χ3v) is 7.31. The molecule has 0 saturated heterocycles. The van der Waals surface area contributed by atoms with E-state index in [9.17, 15) is 0 Å². The summed E-state index contributed by atoms with van der Waals surface area (Å²) in [5.41, 5.74) is 0. The van der Waals surface area contributed by atoms with Crippen LogP contribution in [0.3, 0.4) is 0 Å². The van der Waals surface area contributed by atoms with Gasteiger partial charge in [0.15, 0.2) is 0 Å². The Balaban J connectivity index is 1.70. The minimum atomic E-state index is 1.30.